The van der Waals surface area contributed by atoms with E-state index in [0.717, 1.165) is 0 Å². The minimum absolute atomic E-state index is 0.0246. The van der Waals surface area contributed by atoms with Gasteiger partial charge in [0, 0.05) is 6.54 Å². The van der Waals surface area contributed by atoms with Crippen molar-refractivity contribution >= 4 is 11.5 Å². The molecule has 15 heavy (non-hydrogen) atoms. The molecule has 1 aromatic rings. The van der Waals surface area contributed by atoms with Gasteiger partial charge in [-0.25, -0.2) is 4.98 Å². The van der Waals surface area contributed by atoms with Gasteiger partial charge in [-0.2, -0.15) is 4.98 Å². The molecule has 1 aromatic heterocycles. The van der Waals surface area contributed by atoms with Gasteiger partial charge in [0.2, 0.25) is 5.82 Å². The molecule has 0 aliphatic heterocycles. The molecular weight excluding hydrogens is 200 g/mol. The lowest BCUT2D eigenvalue weighted by atomic mass is 10.4. The minimum atomic E-state index is -0.559. The van der Waals surface area contributed by atoms with E-state index in [2.05, 4.69) is 15.3 Å². The van der Waals surface area contributed by atoms with Gasteiger partial charge < -0.3 is 10.1 Å². The van der Waals surface area contributed by atoms with E-state index < -0.39 is 4.92 Å². The van der Waals surface area contributed by atoms with Gasteiger partial charge in [-0.15, -0.1) is 0 Å². The fourth-order valence-corrected chi connectivity index (χ4v) is 1.14. The molecule has 0 fully saturated rings. The molecule has 0 atom stereocenters. The van der Waals surface area contributed by atoms with E-state index >= 15 is 0 Å². The molecule has 0 spiro atoms. The maximum Gasteiger partial charge on any atom is 0.372 e. The number of aryl methyl sites for hydroxylation is 1. The molecule has 0 aromatic carbocycles. The number of ether oxygens (including phenoxy) is 1. The zero-order valence-corrected chi connectivity index (χ0v) is 8.77. The van der Waals surface area contributed by atoms with Crippen LogP contribution in [0.25, 0.3) is 0 Å². The summed E-state index contributed by atoms with van der Waals surface area (Å²) in [5.74, 6) is 0.587. The third-order valence-electron chi connectivity index (χ3n) is 1.68. The molecule has 82 valence electrons. The van der Waals surface area contributed by atoms with Crippen LogP contribution < -0.4 is 10.1 Å². The molecule has 0 saturated heterocycles. The zero-order chi connectivity index (χ0) is 11.4. The highest BCUT2D eigenvalue weighted by molar-refractivity contribution is 5.61. The van der Waals surface area contributed by atoms with E-state index in [1.165, 1.54) is 7.11 Å². The van der Waals surface area contributed by atoms with Crippen LogP contribution in [0.4, 0.5) is 11.5 Å². The molecule has 0 amide bonds. The summed E-state index contributed by atoms with van der Waals surface area (Å²) in [7, 11) is 1.34. The Morgan fingerprint density at radius 2 is 2.20 bits per heavy atom. The van der Waals surface area contributed by atoms with E-state index in [0.29, 0.717) is 12.4 Å². The highest BCUT2D eigenvalue weighted by atomic mass is 16.6. The minimum Gasteiger partial charge on any atom is -0.476 e. The molecule has 0 aliphatic carbocycles. The van der Waals surface area contributed by atoms with Crippen molar-refractivity contribution in [2.75, 3.05) is 19.0 Å². The van der Waals surface area contributed by atoms with Gasteiger partial charge in [0.15, 0.2) is 0 Å². The monoisotopic (exact) mass is 212 g/mol. The summed E-state index contributed by atoms with van der Waals surface area (Å²) in [6.45, 7) is 4.02. The Hall–Kier alpha value is -1.92. The Bertz CT molecular complexity index is 380. The van der Waals surface area contributed by atoms with E-state index in [1.807, 2.05) is 6.92 Å². The van der Waals surface area contributed by atoms with Crippen LogP contribution in [-0.4, -0.2) is 28.5 Å². The molecular formula is C8H12N4O3. The Kier molecular flexibility index (Phi) is 3.37. The van der Waals surface area contributed by atoms with Gasteiger partial charge in [0.25, 0.3) is 5.88 Å². The Morgan fingerprint density at radius 3 is 2.67 bits per heavy atom. The average molecular weight is 212 g/mol. The Balaban J connectivity index is 3.33. The fraction of sp³-hybridized carbons (Fsp3) is 0.500. The van der Waals surface area contributed by atoms with Crippen molar-refractivity contribution in [1.82, 2.24) is 9.97 Å². The van der Waals surface area contributed by atoms with Crippen molar-refractivity contribution < 1.29 is 9.66 Å². The lowest BCUT2D eigenvalue weighted by Gasteiger charge is -2.07. The first kappa shape index (κ1) is 11.2. The Labute approximate surface area is 86.6 Å². The number of nitro groups is 1. The molecule has 0 unspecified atom stereocenters. The van der Waals surface area contributed by atoms with Gasteiger partial charge in [0.05, 0.1) is 12.0 Å². The largest absolute Gasteiger partial charge is 0.476 e. The molecule has 1 rings (SSSR count). The first-order valence-electron chi connectivity index (χ1n) is 4.41. The maximum atomic E-state index is 10.8. The van der Waals surface area contributed by atoms with Crippen LogP contribution >= 0.6 is 0 Å². The number of methoxy groups -OCH3 is 1. The summed E-state index contributed by atoms with van der Waals surface area (Å²) in [6, 6.07) is 0. The number of hydrogen-bond acceptors (Lipinski definition) is 6. The summed E-state index contributed by atoms with van der Waals surface area (Å²) >= 11 is 0. The van der Waals surface area contributed by atoms with E-state index in [4.69, 9.17) is 4.74 Å². The lowest BCUT2D eigenvalue weighted by molar-refractivity contribution is -0.385. The van der Waals surface area contributed by atoms with Crippen molar-refractivity contribution in [3.8, 4) is 5.88 Å². The van der Waals surface area contributed by atoms with Gasteiger partial charge in [0.1, 0.15) is 5.82 Å². The van der Waals surface area contributed by atoms with Crippen molar-refractivity contribution in [3.05, 3.63) is 15.9 Å². The van der Waals surface area contributed by atoms with Crippen LogP contribution in [0.3, 0.4) is 0 Å². The number of aromatic nitrogens is 2. The Morgan fingerprint density at radius 1 is 1.53 bits per heavy atom. The second-order valence-electron chi connectivity index (χ2n) is 2.76. The van der Waals surface area contributed by atoms with Gasteiger partial charge >= 0.3 is 5.69 Å². The normalized spacial score (nSPS) is 9.80. The summed E-state index contributed by atoms with van der Waals surface area (Å²) in [5, 5.41) is 13.6. The lowest BCUT2D eigenvalue weighted by Crippen LogP contribution is -2.08. The van der Waals surface area contributed by atoms with E-state index in [9.17, 15) is 10.1 Å². The average Bonchev–Trinajstić information content (AvgIpc) is 2.16. The van der Waals surface area contributed by atoms with Crippen LogP contribution in [0, 0.1) is 17.0 Å². The first-order valence-corrected chi connectivity index (χ1v) is 4.41. The van der Waals surface area contributed by atoms with Crippen LogP contribution in [0.2, 0.25) is 0 Å². The van der Waals surface area contributed by atoms with Crippen molar-refractivity contribution in [2.45, 2.75) is 13.8 Å². The quantitative estimate of drug-likeness (QED) is 0.594. The number of hydrogen-bond donors (Lipinski definition) is 1. The number of rotatable bonds is 4. The zero-order valence-electron chi connectivity index (χ0n) is 8.77. The topological polar surface area (TPSA) is 90.2 Å². The highest BCUT2D eigenvalue weighted by Gasteiger charge is 2.24. The third-order valence-corrected chi connectivity index (χ3v) is 1.68. The molecule has 1 N–H and O–H groups in total. The van der Waals surface area contributed by atoms with Crippen molar-refractivity contribution in [1.29, 1.82) is 0 Å². The molecule has 1 heterocycles. The summed E-state index contributed by atoms with van der Waals surface area (Å²) in [4.78, 5) is 18.0. The summed E-state index contributed by atoms with van der Waals surface area (Å²) in [5.41, 5.74) is -0.232. The molecule has 7 nitrogen and oxygen atoms in total. The number of nitrogens with zero attached hydrogens (tertiary/aromatic N) is 3. The fourth-order valence-electron chi connectivity index (χ4n) is 1.14. The SMILES string of the molecule is CCNc1nc(C)nc(OC)c1[N+](=O)[O-]. The van der Waals surface area contributed by atoms with Crippen LogP contribution in [0.5, 0.6) is 5.88 Å². The van der Waals surface area contributed by atoms with Crippen LogP contribution in [0.1, 0.15) is 12.7 Å². The second kappa shape index (κ2) is 4.54. The predicted octanol–water partition coefficient (Wildman–Crippen LogP) is 1.13. The summed E-state index contributed by atoms with van der Waals surface area (Å²) < 4.78 is 4.84. The second-order valence-corrected chi connectivity index (χ2v) is 2.76. The summed E-state index contributed by atoms with van der Waals surface area (Å²) in [6.07, 6.45) is 0. The molecule has 0 radical (unpaired) electrons. The van der Waals surface area contributed by atoms with Crippen LogP contribution in [0.15, 0.2) is 0 Å². The third kappa shape index (κ3) is 2.30. The van der Waals surface area contributed by atoms with Crippen molar-refractivity contribution in [2.24, 2.45) is 0 Å². The molecule has 0 bridgehead atoms. The van der Waals surface area contributed by atoms with Gasteiger partial charge in [-0.3, -0.25) is 10.1 Å². The van der Waals surface area contributed by atoms with E-state index in [1.54, 1.807) is 6.92 Å². The standard InChI is InChI=1S/C8H12N4O3/c1-4-9-7-6(12(13)14)8(15-3)11-5(2)10-7/h4H2,1-3H3,(H,9,10,11). The smallest absolute Gasteiger partial charge is 0.372 e. The number of anilines is 1. The van der Waals surface area contributed by atoms with Crippen molar-refractivity contribution in [3.63, 3.8) is 0 Å². The molecule has 0 aliphatic rings. The molecule has 7 heteroatoms. The van der Waals surface area contributed by atoms with Gasteiger partial charge in [-0.05, 0) is 13.8 Å². The van der Waals surface area contributed by atoms with Gasteiger partial charge in [-0.1, -0.05) is 0 Å². The molecule has 0 saturated carbocycles. The first-order chi connectivity index (χ1) is 7.10. The van der Waals surface area contributed by atoms with E-state index in [-0.39, 0.29) is 17.4 Å². The predicted molar refractivity (Wildman–Crippen MR) is 54.1 cm³/mol. The van der Waals surface area contributed by atoms with Crippen LogP contribution in [-0.2, 0) is 0 Å². The number of nitrogens with one attached hydrogen (secondary N) is 1. The highest BCUT2D eigenvalue weighted by Crippen LogP contribution is 2.31. The maximum absolute atomic E-state index is 10.8.